The van der Waals surface area contributed by atoms with E-state index in [2.05, 4.69) is 0 Å². The highest BCUT2D eigenvalue weighted by molar-refractivity contribution is 7.85. The molecule has 9 heteroatoms. The number of nitrogen functional groups attached to an aromatic ring is 1. The van der Waals surface area contributed by atoms with Crippen molar-refractivity contribution in [2.45, 2.75) is 25.2 Å². The molecule has 0 saturated carbocycles. The molecule has 7 nitrogen and oxygen atoms in total. The first-order valence-corrected chi connectivity index (χ1v) is 7.01. The normalized spacial score (nSPS) is 10.4. The molecule has 0 amide bonds. The summed E-state index contributed by atoms with van der Waals surface area (Å²) < 4.78 is 30.1. The monoisotopic (exact) mass is 323 g/mol. The zero-order chi connectivity index (χ0) is 16.1. The number of halogens is 1. The molecule has 0 unspecified atom stereocenters. The predicted molar refractivity (Wildman–Crippen MR) is 73.3 cm³/mol. The average molecular weight is 324 g/mol. The van der Waals surface area contributed by atoms with Crippen LogP contribution in [0.3, 0.4) is 0 Å². The summed E-state index contributed by atoms with van der Waals surface area (Å²) in [5.41, 5.74) is 6.29. The Bertz CT molecular complexity index is 591. The van der Waals surface area contributed by atoms with Crippen LogP contribution in [-0.2, 0) is 19.7 Å². The molecule has 0 fully saturated rings. The van der Waals surface area contributed by atoms with Crippen LogP contribution in [0.5, 0.6) is 0 Å². The number of ketones is 1. The van der Waals surface area contributed by atoms with Crippen LogP contribution in [0.25, 0.3) is 0 Å². The third-order valence-electron chi connectivity index (χ3n) is 2.06. The highest BCUT2D eigenvalue weighted by atomic mass is 35.5. The summed E-state index contributed by atoms with van der Waals surface area (Å²) in [5.74, 6) is -1.37. The minimum absolute atomic E-state index is 0.215. The second kappa shape index (κ2) is 7.22. The second-order valence-electron chi connectivity index (χ2n) is 3.87. The van der Waals surface area contributed by atoms with Gasteiger partial charge in [0.05, 0.1) is 4.90 Å². The van der Waals surface area contributed by atoms with Crippen LogP contribution < -0.4 is 5.73 Å². The standard InChI is InChI=1S/C7H8ClNO3S.C4H6O3/c1-4-6(8)2-5(3-7(4)9)13(10,11)12;1-3(5)2-4(6)7/h2-3H,9H2,1H3,(H,10,11,12);2H2,1H3,(H,6,7). The molecule has 0 bridgehead atoms. The van der Waals surface area contributed by atoms with Gasteiger partial charge in [-0.05, 0) is 31.5 Å². The molecule has 0 saturated heterocycles. The van der Waals surface area contributed by atoms with Gasteiger partial charge in [-0.15, -0.1) is 0 Å². The van der Waals surface area contributed by atoms with E-state index in [1.165, 1.54) is 6.92 Å². The van der Waals surface area contributed by atoms with Gasteiger partial charge in [0.15, 0.2) is 0 Å². The molecule has 0 heterocycles. The lowest BCUT2D eigenvalue weighted by molar-refractivity contribution is -0.139. The van der Waals surface area contributed by atoms with Gasteiger partial charge in [0.1, 0.15) is 12.2 Å². The van der Waals surface area contributed by atoms with Crippen molar-refractivity contribution in [3.8, 4) is 0 Å². The van der Waals surface area contributed by atoms with E-state index in [1.807, 2.05) is 0 Å². The van der Waals surface area contributed by atoms with Crippen molar-refractivity contribution >= 4 is 39.2 Å². The van der Waals surface area contributed by atoms with E-state index in [9.17, 15) is 18.0 Å². The van der Waals surface area contributed by atoms with Gasteiger partial charge >= 0.3 is 5.97 Å². The maximum absolute atomic E-state index is 10.7. The minimum atomic E-state index is -4.23. The maximum atomic E-state index is 10.7. The second-order valence-corrected chi connectivity index (χ2v) is 5.70. The zero-order valence-electron chi connectivity index (χ0n) is 10.8. The largest absolute Gasteiger partial charge is 0.481 e. The molecule has 0 aliphatic heterocycles. The number of carboxylic acids is 1. The molecule has 4 N–H and O–H groups in total. The molecule has 20 heavy (non-hydrogen) atoms. The Morgan fingerprint density at radius 2 is 1.85 bits per heavy atom. The van der Waals surface area contributed by atoms with Crippen molar-refractivity contribution in [2.24, 2.45) is 0 Å². The molecular weight excluding hydrogens is 310 g/mol. The lowest BCUT2D eigenvalue weighted by Crippen LogP contribution is -2.00. The van der Waals surface area contributed by atoms with Gasteiger partial charge in [-0.3, -0.25) is 14.1 Å². The summed E-state index contributed by atoms with van der Waals surface area (Å²) in [6, 6.07) is 2.32. The fourth-order valence-corrected chi connectivity index (χ4v) is 1.87. The van der Waals surface area contributed by atoms with Gasteiger partial charge in [-0.25, -0.2) is 0 Å². The third-order valence-corrected chi connectivity index (χ3v) is 3.28. The van der Waals surface area contributed by atoms with Crippen LogP contribution >= 0.6 is 11.6 Å². The molecule has 112 valence electrons. The predicted octanol–water partition coefficient (Wildman–Crippen LogP) is 1.53. The Morgan fingerprint density at radius 1 is 1.35 bits per heavy atom. The summed E-state index contributed by atoms with van der Waals surface area (Å²) in [6.07, 6.45) is -0.361. The van der Waals surface area contributed by atoms with Crippen molar-refractivity contribution in [1.82, 2.24) is 0 Å². The van der Waals surface area contributed by atoms with Crippen molar-refractivity contribution in [2.75, 3.05) is 5.73 Å². The Hall–Kier alpha value is -1.64. The number of benzene rings is 1. The molecule has 0 aliphatic carbocycles. The van der Waals surface area contributed by atoms with Crippen molar-refractivity contribution in [3.63, 3.8) is 0 Å². The van der Waals surface area contributed by atoms with Crippen molar-refractivity contribution < 1.29 is 27.7 Å². The number of carbonyl (C=O) groups is 2. The van der Waals surface area contributed by atoms with Crippen LogP contribution in [0.4, 0.5) is 5.69 Å². The van der Waals surface area contributed by atoms with E-state index in [1.54, 1.807) is 6.92 Å². The lowest BCUT2D eigenvalue weighted by atomic mass is 10.2. The molecule has 1 aromatic carbocycles. The molecule has 0 atom stereocenters. The van der Waals surface area contributed by atoms with E-state index in [0.29, 0.717) is 5.56 Å². The Balaban J connectivity index is 0.000000441. The fourth-order valence-electron chi connectivity index (χ4n) is 1.04. The van der Waals surface area contributed by atoms with E-state index >= 15 is 0 Å². The van der Waals surface area contributed by atoms with Gasteiger partial charge in [0.2, 0.25) is 0 Å². The fraction of sp³-hybridized carbons (Fsp3) is 0.273. The molecule has 0 radical (unpaired) electrons. The summed E-state index contributed by atoms with van der Waals surface area (Å²) in [5, 5.41) is 8.08. The van der Waals surface area contributed by atoms with Crippen LogP contribution in [-0.4, -0.2) is 29.8 Å². The number of anilines is 1. The summed E-state index contributed by atoms with van der Waals surface area (Å²) >= 11 is 5.67. The van der Waals surface area contributed by atoms with E-state index in [4.69, 9.17) is 27.0 Å². The number of hydrogen-bond donors (Lipinski definition) is 3. The Kier molecular flexibility index (Phi) is 6.63. The van der Waals surface area contributed by atoms with Crippen LogP contribution in [0.15, 0.2) is 17.0 Å². The Morgan fingerprint density at radius 3 is 2.10 bits per heavy atom. The highest BCUT2D eigenvalue weighted by Crippen LogP contribution is 2.25. The van der Waals surface area contributed by atoms with E-state index < -0.39 is 16.1 Å². The van der Waals surface area contributed by atoms with Gasteiger partial charge < -0.3 is 10.8 Å². The van der Waals surface area contributed by atoms with Crippen LogP contribution in [0.2, 0.25) is 5.02 Å². The topological polar surface area (TPSA) is 135 Å². The smallest absolute Gasteiger partial charge is 0.310 e. The molecule has 0 aromatic heterocycles. The maximum Gasteiger partial charge on any atom is 0.310 e. The quantitative estimate of drug-likeness (QED) is 0.436. The van der Waals surface area contributed by atoms with Crippen LogP contribution in [0.1, 0.15) is 18.9 Å². The van der Waals surface area contributed by atoms with E-state index in [0.717, 1.165) is 12.1 Å². The van der Waals surface area contributed by atoms with E-state index in [-0.39, 0.29) is 27.8 Å². The number of carbonyl (C=O) groups excluding carboxylic acids is 1. The highest BCUT2D eigenvalue weighted by Gasteiger charge is 2.12. The van der Waals surface area contributed by atoms with Gasteiger partial charge in [0.25, 0.3) is 10.1 Å². The number of rotatable bonds is 3. The summed E-state index contributed by atoms with van der Waals surface area (Å²) in [4.78, 5) is 19.2. The first-order valence-electron chi connectivity index (χ1n) is 5.19. The van der Waals surface area contributed by atoms with Crippen molar-refractivity contribution in [3.05, 3.63) is 22.7 Å². The Labute approximate surface area is 121 Å². The molecule has 1 aromatic rings. The number of nitrogens with two attached hydrogens (primary N) is 1. The summed E-state index contributed by atoms with van der Waals surface area (Å²) in [6.45, 7) is 2.90. The first kappa shape index (κ1) is 18.4. The lowest BCUT2D eigenvalue weighted by Gasteiger charge is -2.04. The number of carboxylic acid groups (broad SMARTS) is 1. The third kappa shape index (κ3) is 6.50. The molecule has 1 rings (SSSR count). The summed E-state index contributed by atoms with van der Waals surface area (Å²) in [7, 11) is -4.23. The SMILES string of the molecule is CC(=O)CC(=O)O.Cc1c(N)cc(S(=O)(=O)O)cc1Cl. The van der Waals surface area contributed by atoms with Gasteiger partial charge in [-0.2, -0.15) is 8.42 Å². The van der Waals surface area contributed by atoms with Crippen molar-refractivity contribution in [1.29, 1.82) is 0 Å². The number of aliphatic carboxylic acids is 1. The molecular formula is C11H14ClNO6S. The first-order chi connectivity index (χ1) is 8.95. The number of hydrogen-bond acceptors (Lipinski definition) is 5. The zero-order valence-corrected chi connectivity index (χ0v) is 12.3. The molecule has 0 aliphatic rings. The molecule has 0 spiro atoms. The minimum Gasteiger partial charge on any atom is -0.481 e. The average Bonchev–Trinajstić information content (AvgIpc) is 2.22. The number of Topliss-reactive ketones (excluding diaryl/α,β-unsaturated/α-hetero) is 1. The van der Waals surface area contributed by atoms with Crippen LogP contribution in [0, 0.1) is 6.92 Å². The van der Waals surface area contributed by atoms with Gasteiger partial charge in [0, 0.05) is 10.7 Å². The van der Waals surface area contributed by atoms with Gasteiger partial charge in [-0.1, -0.05) is 11.6 Å².